The van der Waals surface area contributed by atoms with Crippen LogP contribution in [-0.4, -0.2) is 21.5 Å². The predicted molar refractivity (Wildman–Crippen MR) is 68.7 cm³/mol. The van der Waals surface area contributed by atoms with Gasteiger partial charge in [0.1, 0.15) is 0 Å². The first-order chi connectivity index (χ1) is 8.29. The van der Waals surface area contributed by atoms with Gasteiger partial charge in [-0.2, -0.15) is 0 Å². The van der Waals surface area contributed by atoms with E-state index >= 15 is 0 Å². The minimum absolute atomic E-state index is 0.588. The van der Waals surface area contributed by atoms with Crippen LogP contribution in [0, 0.1) is 6.92 Å². The van der Waals surface area contributed by atoms with Crippen LogP contribution in [0.4, 0.5) is 0 Å². The van der Waals surface area contributed by atoms with Crippen molar-refractivity contribution < 1.29 is 0 Å². The summed E-state index contributed by atoms with van der Waals surface area (Å²) in [5.74, 6) is 0. The van der Waals surface area contributed by atoms with Crippen LogP contribution in [-0.2, 0) is 19.6 Å². The van der Waals surface area contributed by atoms with Crippen LogP contribution in [0.5, 0.6) is 0 Å². The van der Waals surface area contributed by atoms with Gasteiger partial charge in [0.05, 0.1) is 12.2 Å². The third-order valence-electron chi connectivity index (χ3n) is 2.50. The monoisotopic (exact) mass is 251 g/mol. The number of aromatic nitrogens is 3. The summed E-state index contributed by atoms with van der Waals surface area (Å²) in [4.78, 5) is 1.37. The molecule has 2 rings (SSSR count). The van der Waals surface area contributed by atoms with Crippen molar-refractivity contribution in [1.82, 2.24) is 20.3 Å². The Morgan fingerprint density at radius 2 is 2.35 bits per heavy atom. The smallest absolute Gasteiger partial charge is 0.0964 e. The third kappa shape index (κ3) is 3.36. The molecule has 0 unspecified atom stereocenters. The molecule has 2 heterocycles. The van der Waals surface area contributed by atoms with Gasteiger partial charge in [0, 0.05) is 30.7 Å². The van der Waals surface area contributed by atoms with Gasteiger partial charge < -0.3 is 11.1 Å². The fraction of sp³-hybridized carbons (Fsp3) is 0.455. The molecule has 6 heteroatoms. The van der Waals surface area contributed by atoms with E-state index < -0.39 is 0 Å². The number of hydrogen-bond donors (Lipinski definition) is 2. The van der Waals surface area contributed by atoms with Crippen LogP contribution in [0.15, 0.2) is 17.6 Å². The molecule has 2 aromatic heterocycles. The maximum Gasteiger partial charge on any atom is 0.0964 e. The summed E-state index contributed by atoms with van der Waals surface area (Å²) >= 11 is 1.78. The van der Waals surface area contributed by atoms with Crippen molar-refractivity contribution >= 4 is 11.3 Å². The summed E-state index contributed by atoms with van der Waals surface area (Å²) in [5, 5.41) is 13.5. The first-order valence-electron chi connectivity index (χ1n) is 5.62. The lowest BCUT2D eigenvalue weighted by molar-refractivity contribution is 0.598. The average Bonchev–Trinajstić information content (AvgIpc) is 2.90. The number of nitrogens with one attached hydrogen (secondary N) is 1. The quantitative estimate of drug-likeness (QED) is 0.800. The van der Waals surface area contributed by atoms with Gasteiger partial charge in [0.25, 0.3) is 0 Å². The molecule has 0 aliphatic heterocycles. The molecule has 0 spiro atoms. The lowest BCUT2D eigenvalue weighted by Crippen LogP contribution is -2.12. The summed E-state index contributed by atoms with van der Waals surface area (Å²) in [6.45, 7) is 5.06. The van der Waals surface area contributed by atoms with Gasteiger partial charge in [0.15, 0.2) is 0 Å². The molecular weight excluding hydrogens is 234 g/mol. The highest BCUT2D eigenvalue weighted by molar-refractivity contribution is 7.10. The van der Waals surface area contributed by atoms with E-state index in [0.29, 0.717) is 6.54 Å². The van der Waals surface area contributed by atoms with E-state index in [9.17, 15) is 0 Å². The molecule has 0 aliphatic rings. The fourth-order valence-electron chi connectivity index (χ4n) is 1.55. The van der Waals surface area contributed by atoms with Crippen molar-refractivity contribution in [3.8, 4) is 0 Å². The molecule has 3 N–H and O–H groups in total. The van der Waals surface area contributed by atoms with Crippen molar-refractivity contribution in [2.75, 3.05) is 6.54 Å². The highest BCUT2D eigenvalue weighted by Crippen LogP contribution is 2.14. The molecule has 92 valence electrons. The van der Waals surface area contributed by atoms with E-state index in [0.717, 1.165) is 25.3 Å². The number of rotatable bonds is 6. The van der Waals surface area contributed by atoms with Gasteiger partial charge in [0.2, 0.25) is 0 Å². The van der Waals surface area contributed by atoms with Crippen molar-refractivity contribution in [1.29, 1.82) is 0 Å². The Morgan fingerprint density at radius 1 is 1.47 bits per heavy atom. The van der Waals surface area contributed by atoms with Gasteiger partial charge in [-0.1, -0.05) is 5.21 Å². The second-order valence-electron chi connectivity index (χ2n) is 3.89. The average molecular weight is 251 g/mol. The number of hydrogen-bond acceptors (Lipinski definition) is 5. The fourth-order valence-corrected chi connectivity index (χ4v) is 2.43. The zero-order chi connectivity index (χ0) is 12.1. The summed E-state index contributed by atoms with van der Waals surface area (Å²) in [7, 11) is 0. The molecule has 0 aromatic carbocycles. The topological polar surface area (TPSA) is 68.8 Å². The molecule has 0 radical (unpaired) electrons. The van der Waals surface area contributed by atoms with Crippen LogP contribution >= 0.6 is 11.3 Å². The SMILES string of the molecule is Cc1ccsc1CNCc1cn(CCN)nn1. The Balaban J connectivity index is 1.80. The molecule has 0 amide bonds. The molecule has 0 aliphatic carbocycles. The minimum Gasteiger partial charge on any atom is -0.329 e. The number of nitrogens with two attached hydrogens (primary N) is 1. The molecule has 17 heavy (non-hydrogen) atoms. The van der Waals surface area contributed by atoms with Crippen LogP contribution in [0.25, 0.3) is 0 Å². The summed E-state index contributed by atoms with van der Waals surface area (Å²) < 4.78 is 1.77. The summed E-state index contributed by atoms with van der Waals surface area (Å²) in [5.41, 5.74) is 7.74. The zero-order valence-electron chi connectivity index (χ0n) is 9.89. The van der Waals surface area contributed by atoms with Crippen molar-refractivity contribution in [3.63, 3.8) is 0 Å². The van der Waals surface area contributed by atoms with Crippen molar-refractivity contribution in [3.05, 3.63) is 33.8 Å². The van der Waals surface area contributed by atoms with Gasteiger partial charge in [-0.25, -0.2) is 0 Å². The Labute approximate surface area is 105 Å². The lowest BCUT2D eigenvalue weighted by atomic mass is 10.3. The molecule has 0 saturated heterocycles. The highest BCUT2D eigenvalue weighted by atomic mass is 32.1. The first-order valence-corrected chi connectivity index (χ1v) is 6.50. The second-order valence-corrected chi connectivity index (χ2v) is 4.89. The van der Waals surface area contributed by atoms with Gasteiger partial charge >= 0.3 is 0 Å². The van der Waals surface area contributed by atoms with E-state index in [2.05, 4.69) is 34.0 Å². The highest BCUT2D eigenvalue weighted by Gasteiger charge is 2.02. The second kappa shape index (κ2) is 5.90. The van der Waals surface area contributed by atoms with E-state index in [-0.39, 0.29) is 0 Å². The van der Waals surface area contributed by atoms with Gasteiger partial charge in [-0.3, -0.25) is 4.68 Å². The Hall–Kier alpha value is -1.24. The normalized spacial score (nSPS) is 10.9. The zero-order valence-corrected chi connectivity index (χ0v) is 10.7. The largest absolute Gasteiger partial charge is 0.329 e. The van der Waals surface area contributed by atoms with E-state index in [1.807, 2.05) is 6.20 Å². The first kappa shape index (κ1) is 12.2. The lowest BCUT2D eigenvalue weighted by Gasteiger charge is -2.01. The molecule has 5 nitrogen and oxygen atoms in total. The Morgan fingerprint density at radius 3 is 3.06 bits per heavy atom. The molecule has 2 aromatic rings. The van der Waals surface area contributed by atoms with Crippen LogP contribution < -0.4 is 11.1 Å². The standard InChI is InChI=1S/C11H17N5S/c1-9-2-5-17-11(9)7-13-6-10-8-16(4-3-12)15-14-10/h2,5,8,13H,3-4,6-7,12H2,1H3. The molecule has 0 fully saturated rings. The van der Waals surface area contributed by atoms with Gasteiger partial charge in [-0.15, -0.1) is 16.4 Å². The molecule has 0 atom stereocenters. The third-order valence-corrected chi connectivity index (χ3v) is 3.53. The van der Waals surface area contributed by atoms with Gasteiger partial charge in [-0.05, 0) is 23.9 Å². The van der Waals surface area contributed by atoms with E-state index in [1.165, 1.54) is 10.4 Å². The maximum atomic E-state index is 5.45. The van der Waals surface area contributed by atoms with Crippen molar-refractivity contribution in [2.24, 2.45) is 5.73 Å². The Kier molecular flexibility index (Phi) is 4.24. The summed E-state index contributed by atoms with van der Waals surface area (Å²) in [6.07, 6.45) is 1.93. The Bertz CT molecular complexity index is 462. The van der Waals surface area contributed by atoms with Crippen molar-refractivity contribution in [2.45, 2.75) is 26.6 Å². The van der Waals surface area contributed by atoms with Crippen LogP contribution in [0.2, 0.25) is 0 Å². The maximum absolute atomic E-state index is 5.45. The predicted octanol–water partition coefficient (Wildman–Crippen LogP) is 0.897. The van der Waals surface area contributed by atoms with Crippen LogP contribution in [0.1, 0.15) is 16.1 Å². The number of thiophene rings is 1. The molecule has 0 bridgehead atoms. The minimum atomic E-state index is 0.588. The van der Waals surface area contributed by atoms with E-state index in [1.54, 1.807) is 16.0 Å². The number of aryl methyl sites for hydroxylation is 1. The number of nitrogens with zero attached hydrogens (tertiary/aromatic N) is 3. The van der Waals surface area contributed by atoms with Crippen LogP contribution in [0.3, 0.4) is 0 Å². The molecule has 0 saturated carbocycles. The molecular formula is C11H17N5S. The summed E-state index contributed by atoms with van der Waals surface area (Å²) in [6, 6.07) is 2.14. The van der Waals surface area contributed by atoms with E-state index in [4.69, 9.17) is 5.73 Å².